The van der Waals surface area contributed by atoms with Crippen molar-refractivity contribution in [3.8, 4) is 0 Å². The van der Waals surface area contributed by atoms with Crippen molar-refractivity contribution in [1.82, 2.24) is 0 Å². The first-order chi connectivity index (χ1) is 10.6. The molecule has 0 aromatic heterocycles. The molecule has 108 valence electrons. The second-order valence-corrected chi connectivity index (χ2v) is 4.71. The summed E-state index contributed by atoms with van der Waals surface area (Å²) in [4.78, 5) is 27.9. The summed E-state index contributed by atoms with van der Waals surface area (Å²) in [5.41, 5.74) is 6.64. The zero-order valence-corrected chi connectivity index (χ0v) is 11.2. The number of nitrogens with one attached hydrogen (secondary N) is 1. The van der Waals surface area contributed by atoms with Gasteiger partial charge in [-0.25, -0.2) is 4.39 Å². The van der Waals surface area contributed by atoms with E-state index in [1.54, 1.807) is 18.2 Å². The molecule has 1 amide bonds. The molecule has 1 heterocycles. The third-order valence-electron chi connectivity index (χ3n) is 3.53. The van der Waals surface area contributed by atoms with Gasteiger partial charge in [-0.05, 0) is 23.2 Å². The van der Waals surface area contributed by atoms with Crippen LogP contribution in [0.1, 0.15) is 15.9 Å². The Morgan fingerprint density at radius 2 is 1.82 bits per heavy atom. The summed E-state index contributed by atoms with van der Waals surface area (Å²) < 4.78 is 14.0. The summed E-state index contributed by atoms with van der Waals surface area (Å²) in [6, 6.07) is 11.8. The highest BCUT2D eigenvalue weighted by molar-refractivity contribution is 6.27. The molecule has 1 N–H and O–H groups in total. The van der Waals surface area contributed by atoms with Crippen molar-refractivity contribution in [1.29, 1.82) is 0 Å². The first kappa shape index (κ1) is 13.8. The van der Waals surface area contributed by atoms with Crippen molar-refractivity contribution in [2.75, 3.05) is 5.32 Å². The highest BCUT2D eigenvalue weighted by Gasteiger charge is 2.52. The van der Waals surface area contributed by atoms with Gasteiger partial charge in [0.15, 0.2) is 5.78 Å². The van der Waals surface area contributed by atoms with Gasteiger partial charge >= 0.3 is 0 Å². The van der Waals surface area contributed by atoms with Crippen LogP contribution in [0.2, 0.25) is 0 Å². The predicted octanol–water partition coefficient (Wildman–Crippen LogP) is 3.17. The van der Waals surface area contributed by atoms with Crippen LogP contribution in [-0.4, -0.2) is 11.7 Å². The zero-order chi connectivity index (χ0) is 15.7. The Kier molecular flexibility index (Phi) is 3.12. The zero-order valence-electron chi connectivity index (χ0n) is 11.2. The fraction of sp³-hybridized carbons (Fsp3) is 0.0667. The monoisotopic (exact) mass is 296 g/mol. The third kappa shape index (κ3) is 1.77. The summed E-state index contributed by atoms with van der Waals surface area (Å²) in [5, 5.41) is 5.88. The second kappa shape index (κ2) is 4.98. The van der Waals surface area contributed by atoms with Gasteiger partial charge in [-0.3, -0.25) is 9.59 Å². The number of amides is 1. The van der Waals surface area contributed by atoms with E-state index >= 15 is 0 Å². The predicted molar refractivity (Wildman–Crippen MR) is 76.6 cm³/mol. The topological polar surface area (TPSA) is 94.9 Å². The Morgan fingerprint density at radius 3 is 2.50 bits per heavy atom. The van der Waals surface area contributed by atoms with Gasteiger partial charge in [-0.2, -0.15) is 0 Å². The van der Waals surface area contributed by atoms with E-state index < -0.39 is 23.0 Å². The highest BCUT2D eigenvalue weighted by Crippen LogP contribution is 2.39. The van der Waals surface area contributed by atoms with E-state index in [1.165, 1.54) is 24.3 Å². The number of nitrogens with zero attached hydrogens (tertiary/aromatic N) is 3. The van der Waals surface area contributed by atoms with E-state index in [0.29, 0.717) is 0 Å². The van der Waals surface area contributed by atoms with Crippen LogP contribution in [0.3, 0.4) is 0 Å². The maximum absolute atomic E-state index is 14.0. The molecule has 0 saturated carbocycles. The minimum atomic E-state index is -2.15. The molecular formula is C15H9FN4O2. The van der Waals surface area contributed by atoms with Gasteiger partial charge in [0, 0.05) is 4.91 Å². The first-order valence-electron chi connectivity index (χ1n) is 6.38. The van der Waals surface area contributed by atoms with E-state index in [1.807, 2.05) is 0 Å². The first-order valence-corrected chi connectivity index (χ1v) is 6.38. The molecule has 0 spiro atoms. The van der Waals surface area contributed by atoms with Crippen LogP contribution in [0.15, 0.2) is 53.6 Å². The average molecular weight is 296 g/mol. The molecule has 1 aliphatic rings. The smallest absolute Gasteiger partial charge is 0.249 e. The van der Waals surface area contributed by atoms with Crippen molar-refractivity contribution in [3.05, 3.63) is 75.9 Å². The lowest BCUT2D eigenvalue weighted by atomic mass is 9.79. The number of benzene rings is 2. The summed E-state index contributed by atoms with van der Waals surface area (Å²) >= 11 is 0. The van der Waals surface area contributed by atoms with E-state index in [2.05, 4.69) is 15.3 Å². The number of anilines is 1. The standard InChI is InChI=1S/C15H9FN4O2/c16-10-7-4-8-11-12(10)13(21)15(19-20-17,14(22)18-11)9-5-2-1-3-6-9/h1-8H,(H,18,22). The van der Waals surface area contributed by atoms with E-state index in [9.17, 15) is 14.0 Å². The van der Waals surface area contributed by atoms with Crippen LogP contribution in [0, 0.1) is 5.82 Å². The van der Waals surface area contributed by atoms with Crippen LogP contribution in [0.4, 0.5) is 10.1 Å². The Bertz CT molecular complexity index is 831. The van der Waals surface area contributed by atoms with Gasteiger partial charge in [-0.1, -0.05) is 41.5 Å². The molecule has 0 bridgehead atoms. The molecule has 22 heavy (non-hydrogen) atoms. The number of ketones is 1. The number of carbonyl (C=O) groups excluding carboxylic acids is 2. The largest absolute Gasteiger partial charge is 0.324 e. The molecule has 2 aromatic carbocycles. The average Bonchev–Trinajstić information content (AvgIpc) is 2.52. The number of hydrogen-bond acceptors (Lipinski definition) is 3. The fourth-order valence-electron chi connectivity index (χ4n) is 2.51. The fourth-order valence-corrected chi connectivity index (χ4v) is 2.51. The van der Waals surface area contributed by atoms with E-state index in [4.69, 9.17) is 5.53 Å². The normalized spacial score (nSPS) is 19.9. The van der Waals surface area contributed by atoms with Crippen LogP contribution in [-0.2, 0) is 10.3 Å². The molecule has 1 unspecified atom stereocenters. The number of hydrogen-bond donors (Lipinski definition) is 1. The maximum Gasteiger partial charge on any atom is 0.249 e. The number of azide groups is 1. The van der Waals surface area contributed by atoms with Crippen LogP contribution in [0.5, 0.6) is 0 Å². The highest BCUT2D eigenvalue weighted by atomic mass is 19.1. The second-order valence-electron chi connectivity index (χ2n) is 4.71. The molecule has 1 atom stereocenters. The molecule has 0 fully saturated rings. The molecule has 6 nitrogen and oxygen atoms in total. The van der Waals surface area contributed by atoms with Crippen molar-refractivity contribution in [2.24, 2.45) is 5.11 Å². The van der Waals surface area contributed by atoms with Gasteiger partial charge in [0.2, 0.25) is 11.4 Å². The number of Topliss-reactive ketones (excluding diaryl/α,β-unsaturated/α-hetero) is 1. The van der Waals surface area contributed by atoms with Gasteiger partial charge in [0.25, 0.3) is 0 Å². The number of halogens is 1. The van der Waals surface area contributed by atoms with E-state index in [-0.39, 0.29) is 16.8 Å². The number of rotatable bonds is 2. The summed E-state index contributed by atoms with van der Waals surface area (Å²) in [6.45, 7) is 0. The molecule has 7 heteroatoms. The lowest BCUT2D eigenvalue weighted by Crippen LogP contribution is -2.49. The molecule has 0 aliphatic carbocycles. The summed E-state index contributed by atoms with van der Waals surface area (Å²) in [6.07, 6.45) is 0. The van der Waals surface area contributed by atoms with Crippen molar-refractivity contribution < 1.29 is 14.0 Å². The lowest BCUT2D eigenvalue weighted by Gasteiger charge is -2.32. The van der Waals surface area contributed by atoms with Gasteiger partial charge in [0.1, 0.15) is 5.82 Å². The minimum absolute atomic E-state index is 0.0645. The number of fused-ring (bicyclic) bond motifs is 1. The van der Waals surface area contributed by atoms with Crippen LogP contribution < -0.4 is 5.32 Å². The van der Waals surface area contributed by atoms with Gasteiger partial charge < -0.3 is 5.32 Å². The molecule has 0 radical (unpaired) electrons. The Morgan fingerprint density at radius 1 is 1.09 bits per heavy atom. The number of carbonyl (C=O) groups is 2. The third-order valence-corrected chi connectivity index (χ3v) is 3.53. The van der Waals surface area contributed by atoms with Gasteiger partial charge in [0.05, 0.1) is 11.3 Å². The van der Waals surface area contributed by atoms with Crippen molar-refractivity contribution in [3.63, 3.8) is 0 Å². The molecule has 2 aromatic rings. The molecular weight excluding hydrogens is 287 g/mol. The van der Waals surface area contributed by atoms with Crippen molar-refractivity contribution in [2.45, 2.75) is 5.54 Å². The minimum Gasteiger partial charge on any atom is -0.324 e. The van der Waals surface area contributed by atoms with Crippen LogP contribution in [0.25, 0.3) is 10.4 Å². The SMILES string of the molecule is [N-]=[N+]=NC1(c2ccccc2)C(=O)Nc2cccc(F)c2C1=O. The Hall–Kier alpha value is -3.18. The van der Waals surface area contributed by atoms with Crippen molar-refractivity contribution >= 4 is 17.4 Å². The quantitative estimate of drug-likeness (QED) is 0.399. The summed E-state index contributed by atoms with van der Waals surface area (Å²) in [5.74, 6) is -2.47. The molecule has 1 aliphatic heterocycles. The lowest BCUT2D eigenvalue weighted by molar-refractivity contribution is -0.120. The molecule has 0 saturated heterocycles. The van der Waals surface area contributed by atoms with Gasteiger partial charge in [-0.15, -0.1) is 0 Å². The Balaban J connectivity index is 2.33. The molecule has 3 rings (SSSR count). The maximum atomic E-state index is 14.0. The summed E-state index contributed by atoms with van der Waals surface area (Å²) in [7, 11) is 0. The Labute approximate surface area is 124 Å². The van der Waals surface area contributed by atoms with Crippen LogP contribution >= 0.6 is 0 Å². The van der Waals surface area contributed by atoms with E-state index in [0.717, 1.165) is 6.07 Å².